The Morgan fingerprint density at radius 2 is 1.69 bits per heavy atom. The molecule has 0 aliphatic carbocycles. The predicted octanol–water partition coefficient (Wildman–Crippen LogP) is 2.88. The average molecular weight is 557 g/mol. The SMILES string of the molecule is COc1ccc(N(CC(=O)N/N=C\c2ccc(OC(C)=O)cc2)S(=O)(=O)c2ccccc2[N+](=O)[O-])c(OC)c1. The molecule has 0 heterocycles. The van der Waals surface area contributed by atoms with E-state index in [1.165, 1.54) is 69.8 Å². The molecule has 3 aromatic rings. The first-order valence-electron chi connectivity index (χ1n) is 11.2. The van der Waals surface area contributed by atoms with Crippen LogP contribution in [0.15, 0.2) is 76.7 Å². The topological polar surface area (TPSA) is 167 Å². The van der Waals surface area contributed by atoms with E-state index >= 15 is 0 Å². The molecule has 0 aliphatic heterocycles. The quantitative estimate of drug-likeness (QED) is 0.123. The van der Waals surface area contributed by atoms with Gasteiger partial charge in [-0.25, -0.2) is 13.8 Å². The molecule has 0 saturated heterocycles. The van der Waals surface area contributed by atoms with E-state index in [0.717, 1.165) is 12.1 Å². The second kappa shape index (κ2) is 12.5. The summed E-state index contributed by atoms with van der Waals surface area (Å²) < 4.78 is 43.5. The summed E-state index contributed by atoms with van der Waals surface area (Å²) in [5.74, 6) is -0.596. The zero-order chi connectivity index (χ0) is 28.6. The fraction of sp³-hybridized carbons (Fsp3) is 0.160. The number of rotatable bonds is 11. The molecule has 13 nitrogen and oxygen atoms in total. The number of sulfonamides is 1. The molecule has 0 bridgehead atoms. The molecular formula is C25H24N4O9S. The molecule has 39 heavy (non-hydrogen) atoms. The molecule has 0 radical (unpaired) electrons. The molecule has 1 amide bonds. The summed E-state index contributed by atoms with van der Waals surface area (Å²) in [6, 6.07) is 15.2. The third kappa shape index (κ3) is 7.07. The van der Waals surface area contributed by atoms with Gasteiger partial charge in [-0.15, -0.1) is 0 Å². The maximum absolute atomic E-state index is 13.7. The maximum Gasteiger partial charge on any atom is 0.308 e. The second-order valence-corrected chi connectivity index (χ2v) is 9.56. The summed E-state index contributed by atoms with van der Waals surface area (Å²) in [5.41, 5.74) is 2.07. The van der Waals surface area contributed by atoms with Gasteiger partial charge in [0.1, 0.15) is 23.8 Å². The molecule has 0 unspecified atom stereocenters. The van der Waals surface area contributed by atoms with E-state index in [9.17, 15) is 28.1 Å². The van der Waals surface area contributed by atoms with E-state index in [1.54, 1.807) is 12.1 Å². The van der Waals surface area contributed by atoms with E-state index in [1.807, 2.05) is 0 Å². The summed E-state index contributed by atoms with van der Waals surface area (Å²) in [7, 11) is -1.95. The summed E-state index contributed by atoms with van der Waals surface area (Å²) in [6.45, 7) is 0.478. The Bertz CT molecular complexity index is 1510. The van der Waals surface area contributed by atoms with Crippen molar-refractivity contribution >= 4 is 39.5 Å². The number of carbonyl (C=O) groups excluding carboxylic acids is 2. The molecule has 1 N–H and O–H groups in total. The first-order chi connectivity index (χ1) is 18.6. The number of carbonyl (C=O) groups is 2. The van der Waals surface area contributed by atoms with Gasteiger partial charge in [-0.3, -0.25) is 24.0 Å². The predicted molar refractivity (Wildman–Crippen MR) is 141 cm³/mol. The molecule has 0 spiro atoms. The van der Waals surface area contributed by atoms with Crippen LogP contribution < -0.4 is 23.9 Å². The van der Waals surface area contributed by atoms with Crippen molar-refractivity contribution in [3.63, 3.8) is 0 Å². The van der Waals surface area contributed by atoms with Gasteiger partial charge < -0.3 is 14.2 Å². The summed E-state index contributed by atoms with van der Waals surface area (Å²) in [5, 5.41) is 15.4. The standard InChI is InChI=1S/C25H24N4O9S/c1-17(30)38-19-10-8-18(9-11-19)15-26-27-25(31)16-28(21-13-12-20(36-2)14-23(21)37-3)39(34,35)24-7-5-4-6-22(24)29(32)33/h4-15H,16H2,1-3H3,(H,27,31)/b26-15-. The smallest absolute Gasteiger partial charge is 0.308 e. The van der Waals surface area contributed by atoms with Crippen molar-refractivity contribution in [2.24, 2.45) is 5.10 Å². The Balaban J connectivity index is 1.93. The molecule has 14 heteroatoms. The van der Waals surface area contributed by atoms with Crippen LogP contribution in [0.5, 0.6) is 17.2 Å². The highest BCUT2D eigenvalue weighted by atomic mass is 32.2. The van der Waals surface area contributed by atoms with Crippen LogP contribution in [-0.4, -0.2) is 52.2 Å². The van der Waals surface area contributed by atoms with Gasteiger partial charge in [-0.2, -0.15) is 5.10 Å². The lowest BCUT2D eigenvalue weighted by Crippen LogP contribution is -2.40. The van der Waals surface area contributed by atoms with Gasteiger partial charge in [0.2, 0.25) is 0 Å². The van der Waals surface area contributed by atoms with Gasteiger partial charge in [-0.05, 0) is 48.0 Å². The van der Waals surface area contributed by atoms with E-state index in [-0.39, 0.29) is 11.4 Å². The number of para-hydroxylation sites is 1. The van der Waals surface area contributed by atoms with Crippen LogP contribution in [0.4, 0.5) is 11.4 Å². The number of anilines is 1. The Kier molecular flexibility index (Phi) is 9.17. The normalized spacial score (nSPS) is 11.1. The average Bonchev–Trinajstić information content (AvgIpc) is 2.92. The van der Waals surface area contributed by atoms with Crippen LogP contribution >= 0.6 is 0 Å². The lowest BCUT2D eigenvalue weighted by molar-refractivity contribution is -0.387. The number of ether oxygens (including phenoxy) is 3. The van der Waals surface area contributed by atoms with Crippen molar-refractivity contribution in [2.75, 3.05) is 25.1 Å². The summed E-state index contributed by atoms with van der Waals surface area (Å²) in [4.78, 5) is 34.0. The molecule has 0 fully saturated rings. The largest absolute Gasteiger partial charge is 0.497 e. The van der Waals surface area contributed by atoms with Crippen LogP contribution in [-0.2, 0) is 19.6 Å². The van der Waals surface area contributed by atoms with Gasteiger partial charge >= 0.3 is 5.97 Å². The van der Waals surface area contributed by atoms with E-state index in [0.29, 0.717) is 21.4 Å². The number of amides is 1. The Morgan fingerprint density at radius 3 is 2.31 bits per heavy atom. The molecular weight excluding hydrogens is 532 g/mol. The van der Waals surface area contributed by atoms with Crippen LogP contribution in [0, 0.1) is 10.1 Å². The highest BCUT2D eigenvalue weighted by molar-refractivity contribution is 7.93. The van der Waals surface area contributed by atoms with Crippen molar-refractivity contribution in [1.29, 1.82) is 0 Å². The first-order valence-corrected chi connectivity index (χ1v) is 12.6. The lowest BCUT2D eigenvalue weighted by Gasteiger charge is -2.25. The van der Waals surface area contributed by atoms with Crippen LogP contribution in [0.1, 0.15) is 12.5 Å². The Morgan fingerprint density at radius 1 is 1.03 bits per heavy atom. The van der Waals surface area contributed by atoms with Gasteiger partial charge in [0, 0.05) is 19.1 Å². The third-order valence-corrected chi connectivity index (χ3v) is 6.92. The zero-order valence-electron chi connectivity index (χ0n) is 21.1. The molecule has 3 rings (SSSR count). The van der Waals surface area contributed by atoms with E-state index in [4.69, 9.17) is 14.2 Å². The third-order valence-electron chi connectivity index (χ3n) is 5.12. The Labute approximate surface area is 223 Å². The molecule has 204 valence electrons. The van der Waals surface area contributed by atoms with Crippen LogP contribution in [0.2, 0.25) is 0 Å². The Hall–Kier alpha value is -4.98. The van der Waals surface area contributed by atoms with Crippen molar-refractivity contribution in [3.05, 3.63) is 82.4 Å². The molecule has 0 aromatic heterocycles. The number of esters is 1. The number of hydrazone groups is 1. The van der Waals surface area contributed by atoms with Crippen LogP contribution in [0.25, 0.3) is 0 Å². The molecule has 3 aromatic carbocycles. The minimum absolute atomic E-state index is 0.0423. The van der Waals surface area contributed by atoms with Gasteiger partial charge in [0.25, 0.3) is 21.6 Å². The lowest BCUT2D eigenvalue weighted by atomic mass is 10.2. The number of nitro groups is 1. The highest BCUT2D eigenvalue weighted by Gasteiger charge is 2.34. The number of hydrogen-bond acceptors (Lipinski definition) is 10. The summed E-state index contributed by atoms with van der Waals surface area (Å²) in [6.07, 6.45) is 1.30. The van der Waals surface area contributed by atoms with Crippen molar-refractivity contribution in [3.8, 4) is 17.2 Å². The number of nitrogens with one attached hydrogen (secondary N) is 1. The van der Waals surface area contributed by atoms with Crippen molar-refractivity contribution in [2.45, 2.75) is 11.8 Å². The highest BCUT2D eigenvalue weighted by Crippen LogP contribution is 2.37. The van der Waals surface area contributed by atoms with E-state index < -0.39 is 44.0 Å². The van der Waals surface area contributed by atoms with Crippen molar-refractivity contribution in [1.82, 2.24) is 5.43 Å². The number of nitro benzene ring substituents is 1. The monoisotopic (exact) mass is 556 g/mol. The van der Waals surface area contributed by atoms with Gasteiger partial charge in [-0.1, -0.05) is 12.1 Å². The molecule has 0 atom stereocenters. The van der Waals surface area contributed by atoms with Gasteiger partial charge in [0.15, 0.2) is 4.90 Å². The fourth-order valence-electron chi connectivity index (χ4n) is 3.37. The van der Waals surface area contributed by atoms with E-state index in [2.05, 4.69) is 10.5 Å². The number of benzene rings is 3. The maximum atomic E-state index is 13.7. The second-order valence-electron chi connectivity index (χ2n) is 7.73. The summed E-state index contributed by atoms with van der Waals surface area (Å²) >= 11 is 0. The number of nitrogens with zero attached hydrogens (tertiary/aromatic N) is 3. The van der Waals surface area contributed by atoms with Gasteiger partial charge in [0.05, 0.1) is 31.0 Å². The molecule has 0 aliphatic rings. The van der Waals surface area contributed by atoms with Crippen molar-refractivity contribution < 1.29 is 37.1 Å². The first kappa shape index (κ1) is 28.6. The minimum atomic E-state index is -4.65. The van der Waals surface area contributed by atoms with Crippen LogP contribution in [0.3, 0.4) is 0 Å². The molecule has 0 saturated carbocycles. The zero-order valence-corrected chi connectivity index (χ0v) is 21.9. The number of methoxy groups -OCH3 is 2. The minimum Gasteiger partial charge on any atom is -0.497 e. The fourth-order valence-corrected chi connectivity index (χ4v) is 4.96. The number of hydrogen-bond donors (Lipinski definition) is 1.